The fourth-order valence-electron chi connectivity index (χ4n) is 2.86. The molecule has 0 amide bonds. The first-order chi connectivity index (χ1) is 10.1. The summed E-state index contributed by atoms with van der Waals surface area (Å²) in [5.41, 5.74) is 6.25. The van der Waals surface area contributed by atoms with Crippen LogP contribution in [0.15, 0.2) is 12.1 Å². The highest BCUT2D eigenvalue weighted by Crippen LogP contribution is 2.35. The predicted molar refractivity (Wildman–Crippen MR) is 74.3 cm³/mol. The van der Waals surface area contributed by atoms with E-state index in [1.54, 1.807) is 4.68 Å². The van der Waals surface area contributed by atoms with Crippen LogP contribution in [0, 0.1) is 17.6 Å². The number of aromatic nitrogens is 4. The van der Waals surface area contributed by atoms with Gasteiger partial charge in [0, 0.05) is 17.3 Å². The summed E-state index contributed by atoms with van der Waals surface area (Å²) < 4.78 is 28.3. The SMILES string of the molecule is CC1CCC(n2nnnc2-c2cc(F)c(F)cc2N)CC1. The lowest BCUT2D eigenvalue weighted by Crippen LogP contribution is -2.19. The van der Waals surface area contributed by atoms with E-state index in [9.17, 15) is 8.78 Å². The average Bonchev–Trinajstić information content (AvgIpc) is 2.93. The molecule has 0 aliphatic heterocycles. The number of nitrogens with two attached hydrogens (primary N) is 1. The minimum absolute atomic E-state index is 0.133. The first-order valence-electron chi connectivity index (χ1n) is 7.09. The lowest BCUT2D eigenvalue weighted by atomic mass is 9.87. The second-order valence-electron chi connectivity index (χ2n) is 5.71. The van der Waals surface area contributed by atoms with Crippen LogP contribution in [-0.2, 0) is 0 Å². The zero-order chi connectivity index (χ0) is 15.0. The molecule has 112 valence electrons. The zero-order valence-corrected chi connectivity index (χ0v) is 11.8. The van der Waals surface area contributed by atoms with Crippen LogP contribution >= 0.6 is 0 Å². The number of hydrogen-bond donors (Lipinski definition) is 1. The minimum Gasteiger partial charge on any atom is -0.398 e. The number of hydrogen-bond acceptors (Lipinski definition) is 4. The molecule has 2 N–H and O–H groups in total. The molecule has 1 fully saturated rings. The lowest BCUT2D eigenvalue weighted by Gasteiger charge is -2.26. The summed E-state index contributed by atoms with van der Waals surface area (Å²) in [6.45, 7) is 2.23. The van der Waals surface area contributed by atoms with Gasteiger partial charge in [-0.15, -0.1) is 5.10 Å². The number of halogens is 2. The van der Waals surface area contributed by atoms with Gasteiger partial charge >= 0.3 is 0 Å². The zero-order valence-electron chi connectivity index (χ0n) is 11.8. The maximum Gasteiger partial charge on any atom is 0.184 e. The maximum absolute atomic E-state index is 13.5. The number of nitrogen functional groups attached to an aromatic ring is 1. The topological polar surface area (TPSA) is 69.6 Å². The Bertz CT molecular complexity index is 647. The normalized spacial score (nSPS) is 22.4. The van der Waals surface area contributed by atoms with Crippen LogP contribution in [0.2, 0.25) is 0 Å². The largest absolute Gasteiger partial charge is 0.398 e. The molecule has 1 heterocycles. The molecule has 7 heteroatoms. The summed E-state index contributed by atoms with van der Waals surface area (Å²) in [7, 11) is 0. The molecule has 0 atom stereocenters. The van der Waals surface area contributed by atoms with Crippen molar-refractivity contribution >= 4 is 5.69 Å². The monoisotopic (exact) mass is 293 g/mol. The molecule has 1 aliphatic carbocycles. The quantitative estimate of drug-likeness (QED) is 0.864. The van der Waals surface area contributed by atoms with Crippen molar-refractivity contribution in [1.29, 1.82) is 0 Å². The Balaban J connectivity index is 1.97. The van der Waals surface area contributed by atoms with Gasteiger partial charge in [0.05, 0.1) is 6.04 Å². The molecule has 0 saturated heterocycles. The van der Waals surface area contributed by atoms with Crippen LogP contribution in [0.3, 0.4) is 0 Å². The van der Waals surface area contributed by atoms with Crippen LogP contribution in [-0.4, -0.2) is 20.2 Å². The highest BCUT2D eigenvalue weighted by atomic mass is 19.2. The smallest absolute Gasteiger partial charge is 0.184 e. The summed E-state index contributed by atoms with van der Waals surface area (Å²) in [5.74, 6) is -0.826. The van der Waals surface area contributed by atoms with E-state index in [0.717, 1.165) is 37.8 Å². The van der Waals surface area contributed by atoms with Crippen LogP contribution < -0.4 is 5.73 Å². The first kappa shape index (κ1) is 13.9. The van der Waals surface area contributed by atoms with Gasteiger partial charge in [0.25, 0.3) is 0 Å². The molecule has 3 rings (SSSR count). The Morgan fingerprint density at radius 1 is 1.14 bits per heavy atom. The third-order valence-electron chi connectivity index (χ3n) is 4.16. The van der Waals surface area contributed by atoms with Crippen molar-refractivity contribution in [3.8, 4) is 11.4 Å². The third kappa shape index (κ3) is 2.59. The van der Waals surface area contributed by atoms with Crippen molar-refractivity contribution in [3.63, 3.8) is 0 Å². The molecule has 1 saturated carbocycles. The Morgan fingerprint density at radius 2 is 1.81 bits per heavy atom. The number of benzene rings is 1. The first-order valence-corrected chi connectivity index (χ1v) is 7.09. The molecular weight excluding hydrogens is 276 g/mol. The molecule has 5 nitrogen and oxygen atoms in total. The van der Waals surface area contributed by atoms with E-state index in [4.69, 9.17) is 5.73 Å². The van der Waals surface area contributed by atoms with Gasteiger partial charge in [0.1, 0.15) is 0 Å². The molecule has 0 unspecified atom stereocenters. The molecule has 0 bridgehead atoms. The van der Waals surface area contributed by atoms with Gasteiger partial charge in [-0.05, 0) is 48.1 Å². The Morgan fingerprint density at radius 3 is 2.52 bits per heavy atom. The van der Waals surface area contributed by atoms with E-state index in [1.165, 1.54) is 0 Å². The van der Waals surface area contributed by atoms with E-state index in [2.05, 4.69) is 22.4 Å². The predicted octanol–water partition coefficient (Wildman–Crippen LogP) is 2.95. The molecular formula is C14H17F2N5. The van der Waals surface area contributed by atoms with Crippen molar-refractivity contribution in [2.45, 2.75) is 38.6 Å². The van der Waals surface area contributed by atoms with Gasteiger partial charge in [0.15, 0.2) is 17.5 Å². The second kappa shape index (κ2) is 5.38. The molecule has 2 aromatic rings. The highest BCUT2D eigenvalue weighted by molar-refractivity contribution is 5.71. The second-order valence-corrected chi connectivity index (χ2v) is 5.71. The molecule has 21 heavy (non-hydrogen) atoms. The molecule has 1 aromatic heterocycles. The molecule has 0 spiro atoms. The summed E-state index contributed by atoms with van der Waals surface area (Å²) >= 11 is 0. The van der Waals surface area contributed by atoms with Crippen molar-refractivity contribution in [1.82, 2.24) is 20.2 Å². The highest BCUT2D eigenvalue weighted by Gasteiger charge is 2.25. The summed E-state index contributed by atoms with van der Waals surface area (Å²) in [4.78, 5) is 0. The van der Waals surface area contributed by atoms with Crippen molar-refractivity contribution in [2.75, 3.05) is 5.73 Å². The van der Waals surface area contributed by atoms with Crippen LogP contribution in [0.1, 0.15) is 38.6 Å². The molecule has 1 aliphatic rings. The Hall–Kier alpha value is -2.05. The van der Waals surface area contributed by atoms with Gasteiger partial charge in [-0.25, -0.2) is 13.5 Å². The Labute approximate surface area is 121 Å². The van der Waals surface area contributed by atoms with Gasteiger partial charge in [-0.1, -0.05) is 6.92 Å². The number of anilines is 1. The van der Waals surface area contributed by atoms with Crippen LogP contribution in [0.5, 0.6) is 0 Å². The third-order valence-corrected chi connectivity index (χ3v) is 4.16. The van der Waals surface area contributed by atoms with E-state index in [0.29, 0.717) is 17.3 Å². The van der Waals surface area contributed by atoms with E-state index in [1.807, 2.05) is 0 Å². The van der Waals surface area contributed by atoms with E-state index in [-0.39, 0.29) is 11.7 Å². The van der Waals surface area contributed by atoms with Gasteiger partial charge in [-0.2, -0.15) is 0 Å². The number of rotatable bonds is 2. The minimum atomic E-state index is -0.971. The van der Waals surface area contributed by atoms with Gasteiger partial charge in [0.2, 0.25) is 0 Å². The lowest BCUT2D eigenvalue weighted by molar-refractivity contribution is 0.272. The summed E-state index contributed by atoms with van der Waals surface area (Å²) in [6, 6.07) is 2.20. The van der Waals surface area contributed by atoms with Gasteiger partial charge in [-0.3, -0.25) is 0 Å². The number of tetrazole rings is 1. The summed E-state index contributed by atoms with van der Waals surface area (Å²) in [5, 5.41) is 11.6. The summed E-state index contributed by atoms with van der Waals surface area (Å²) in [6.07, 6.45) is 4.17. The Kier molecular flexibility index (Phi) is 3.57. The average molecular weight is 293 g/mol. The fourth-order valence-corrected chi connectivity index (χ4v) is 2.86. The molecule has 1 aromatic carbocycles. The van der Waals surface area contributed by atoms with Crippen molar-refractivity contribution in [3.05, 3.63) is 23.8 Å². The number of nitrogens with zero attached hydrogens (tertiary/aromatic N) is 4. The maximum atomic E-state index is 13.5. The fraction of sp³-hybridized carbons (Fsp3) is 0.500. The van der Waals surface area contributed by atoms with Crippen molar-refractivity contribution < 1.29 is 8.78 Å². The van der Waals surface area contributed by atoms with E-state index < -0.39 is 11.6 Å². The van der Waals surface area contributed by atoms with Crippen LogP contribution in [0.4, 0.5) is 14.5 Å². The molecule has 0 radical (unpaired) electrons. The van der Waals surface area contributed by atoms with Crippen molar-refractivity contribution in [2.24, 2.45) is 5.92 Å². The van der Waals surface area contributed by atoms with Crippen LogP contribution in [0.25, 0.3) is 11.4 Å². The van der Waals surface area contributed by atoms with E-state index >= 15 is 0 Å². The van der Waals surface area contributed by atoms with Gasteiger partial charge < -0.3 is 5.73 Å². The standard InChI is InChI=1S/C14H17F2N5/c1-8-2-4-9(5-3-8)21-14(18-19-20-21)10-6-11(15)12(16)7-13(10)17/h6-9H,2-5,17H2,1H3.